The van der Waals surface area contributed by atoms with Crippen molar-refractivity contribution in [2.75, 3.05) is 13.6 Å². The van der Waals surface area contributed by atoms with Crippen molar-refractivity contribution in [3.63, 3.8) is 0 Å². The standard InChI is InChI=1S/C23H21F2N5O3/c1-28(12-18-26-16-8-4-5-9-17(16)30(18)21(24)25)19(31)13-29-20(32)23(27-22(29)33)11-10-14-6-2-3-7-15(14)23/h2-9,21H,10-13H2,1H3,(H,27,33)/t23-/m0/s1. The van der Waals surface area contributed by atoms with E-state index < -0.39 is 36.5 Å². The molecule has 2 heterocycles. The summed E-state index contributed by atoms with van der Waals surface area (Å²) in [6.45, 7) is -3.51. The Morgan fingerprint density at radius 1 is 1.18 bits per heavy atom. The molecule has 1 fully saturated rings. The van der Waals surface area contributed by atoms with Crippen molar-refractivity contribution in [1.29, 1.82) is 0 Å². The molecular formula is C23H21F2N5O3. The van der Waals surface area contributed by atoms with Gasteiger partial charge in [0.15, 0.2) is 0 Å². The first-order valence-electron chi connectivity index (χ1n) is 10.5. The van der Waals surface area contributed by atoms with Crippen LogP contribution in [-0.4, -0.2) is 50.8 Å². The zero-order valence-corrected chi connectivity index (χ0v) is 17.8. The quantitative estimate of drug-likeness (QED) is 0.602. The molecular weight excluding hydrogens is 432 g/mol. The number of amides is 4. The van der Waals surface area contributed by atoms with Crippen LogP contribution < -0.4 is 5.32 Å². The molecule has 1 N–H and O–H groups in total. The number of aromatic nitrogens is 2. The van der Waals surface area contributed by atoms with Gasteiger partial charge in [-0.2, -0.15) is 8.78 Å². The smallest absolute Gasteiger partial charge is 0.325 e. The fraction of sp³-hybridized carbons (Fsp3) is 0.304. The van der Waals surface area contributed by atoms with E-state index in [0.717, 1.165) is 20.6 Å². The molecule has 1 aliphatic carbocycles. The molecule has 1 aliphatic heterocycles. The lowest BCUT2D eigenvalue weighted by atomic mass is 9.92. The van der Waals surface area contributed by atoms with Crippen LogP contribution in [0.3, 0.4) is 0 Å². The van der Waals surface area contributed by atoms with Crippen molar-refractivity contribution in [2.45, 2.75) is 31.5 Å². The first-order chi connectivity index (χ1) is 15.8. The summed E-state index contributed by atoms with van der Waals surface area (Å²) >= 11 is 0. The summed E-state index contributed by atoms with van der Waals surface area (Å²) in [5, 5.41) is 2.77. The monoisotopic (exact) mass is 453 g/mol. The van der Waals surface area contributed by atoms with E-state index in [1.54, 1.807) is 18.2 Å². The third-order valence-corrected chi connectivity index (χ3v) is 6.38. The van der Waals surface area contributed by atoms with Crippen LogP contribution in [0.2, 0.25) is 0 Å². The van der Waals surface area contributed by atoms with Crippen LogP contribution in [0.4, 0.5) is 13.6 Å². The Morgan fingerprint density at radius 2 is 1.91 bits per heavy atom. The predicted octanol–water partition coefficient (Wildman–Crippen LogP) is 2.78. The molecule has 10 heteroatoms. The predicted molar refractivity (Wildman–Crippen MR) is 114 cm³/mol. The Kier molecular flexibility index (Phi) is 4.88. The highest BCUT2D eigenvalue weighted by molar-refractivity contribution is 6.09. The number of alkyl halides is 2. The van der Waals surface area contributed by atoms with E-state index >= 15 is 0 Å². The van der Waals surface area contributed by atoms with Crippen LogP contribution in [0, 0.1) is 0 Å². The van der Waals surface area contributed by atoms with E-state index in [-0.39, 0.29) is 17.9 Å². The number of likely N-dealkylation sites (N-methyl/N-ethyl adjacent to an activating group) is 1. The fourth-order valence-electron chi connectivity index (χ4n) is 4.71. The summed E-state index contributed by atoms with van der Waals surface area (Å²) in [5.74, 6) is -1.02. The van der Waals surface area contributed by atoms with Crippen LogP contribution in [0.1, 0.15) is 29.9 Å². The molecule has 4 amide bonds. The highest BCUT2D eigenvalue weighted by Gasteiger charge is 2.55. The van der Waals surface area contributed by atoms with Gasteiger partial charge < -0.3 is 10.2 Å². The molecule has 2 aliphatic rings. The number of carbonyl (C=O) groups excluding carboxylic acids is 3. The average Bonchev–Trinajstić information content (AvgIpc) is 3.42. The number of para-hydroxylation sites is 2. The molecule has 0 saturated carbocycles. The number of imidazole rings is 1. The summed E-state index contributed by atoms with van der Waals surface area (Å²) in [7, 11) is 1.43. The second kappa shape index (κ2) is 7.65. The minimum absolute atomic E-state index is 0.0143. The topological polar surface area (TPSA) is 87.5 Å². The third kappa shape index (κ3) is 3.24. The highest BCUT2D eigenvalue weighted by Crippen LogP contribution is 2.41. The second-order valence-electron chi connectivity index (χ2n) is 8.30. The Bertz CT molecular complexity index is 1290. The molecule has 3 aromatic rings. The average molecular weight is 453 g/mol. The number of nitrogens with one attached hydrogen (secondary N) is 1. The second-order valence-corrected chi connectivity index (χ2v) is 8.30. The van der Waals surface area contributed by atoms with Crippen LogP contribution >= 0.6 is 0 Å². The molecule has 1 saturated heterocycles. The Morgan fingerprint density at radius 3 is 2.70 bits per heavy atom. The normalized spacial score (nSPS) is 19.6. The van der Waals surface area contributed by atoms with E-state index in [4.69, 9.17) is 0 Å². The van der Waals surface area contributed by atoms with Gasteiger partial charge in [-0.15, -0.1) is 0 Å². The number of aryl methyl sites for hydroxylation is 1. The Labute approximate surface area is 187 Å². The number of nitrogens with zero attached hydrogens (tertiary/aromatic N) is 4. The Balaban J connectivity index is 1.34. The van der Waals surface area contributed by atoms with Crippen LogP contribution in [0.5, 0.6) is 0 Å². The number of carbonyl (C=O) groups is 3. The minimum atomic E-state index is -2.83. The summed E-state index contributed by atoms with van der Waals surface area (Å²) < 4.78 is 28.1. The summed E-state index contributed by atoms with van der Waals surface area (Å²) in [6, 6.07) is 13.3. The molecule has 1 atom stereocenters. The Hall–Kier alpha value is -3.82. The van der Waals surface area contributed by atoms with Crippen molar-refractivity contribution in [3.8, 4) is 0 Å². The van der Waals surface area contributed by atoms with E-state index in [0.29, 0.717) is 18.4 Å². The molecule has 33 heavy (non-hydrogen) atoms. The fourth-order valence-corrected chi connectivity index (χ4v) is 4.71. The number of rotatable bonds is 5. The van der Waals surface area contributed by atoms with Crippen molar-refractivity contribution in [3.05, 3.63) is 65.5 Å². The lowest BCUT2D eigenvalue weighted by Crippen LogP contribution is -2.44. The van der Waals surface area contributed by atoms with E-state index in [9.17, 15) is 23.2 Å². The number of halogens is 2. The number of benzene rings is 2. The van der Waals surface area contributed by atoms with Gasteiger partial charge in [0.05, 0.1) is 17.6 Å². The SMILES string of the molecule is CN(Cc1nc2ccccc2n1C(F)F)C(=O)CN1C(=O)N[C@]2(CCc3ccccc32)C1=O. The molecule has 0 radical (unpaired) electrons. The van der Waals surface area contributed by atoms with Gasteiger partial charge in [0.25, 0.3) is 5.91 Å². The van der Waals surface area contributed by atoms with Gasteiger partial charge in [-0.3, -0.25) is 19.1 Å². The van der Waals surface area contributed by atoms with E-state index in [1.807, 2.05) is 24.3 Å². The number of urea groups is 1. The summed E-state index contributed by atoms with van der Waals surface area (Å²) in [6.07, 6.45) is 1.07. The molecule has 2 aromatic carbocycles. The van der Waals surface area contributed by atoms with Crippen LogP contribution in [0.15, 0.2) is 48.5 Å². The van der Waals surface area contributed by atoms with E-state index in [2.05, 4.69) is 10.3 Å². The lowest BCUT2D eigenvalue weighted by Gasteiger charge is -2.23. The van der Waals surface area contributed by atoms with Crippen molar-refractivity contribution in [2.24, 2.45) is 0 Å². The number of imide groups is 1. The maximum atomic E-state index is 13.7. The molecule has 5 rings (SSSR count). The maximum Gasteiger partial charge on any atom is 0.325 e. The number of hydrogen-bond donors (Lipinski definition) is 1. The highest BCUT2D eigenvalue weighted by atomic mass is 19.3. The molecule has 1 aromatic heterocycles. The van der Waals surface area contributed by atoms with E-state index in [1.165, 1.54) is 18.0 Å². The summed E-state index contributed by atoms with van der Waals surface area (Å²) in [5.41, 5.74) is 1.24. The summed E-state index contributed by atoms with van der Waals surface area (Å²) in [4.78, 5) is 45.1. The van der Waals surface area contributed by atoms with Crippen LogP contribution in [0.25, 0.3) is 11.0 Å². The first kappa shape index (κ1) is 21.0. The maximum absolute atomic E-state index is 13.7. The zero-order chi connectivity index (χ0) is 23.3. The minimum Gasteiger partial charge on any atom is -0.337 e. The van der Waals surface area contributed by atoms with Gasteiger partial charge in [0.1, 0.15) is 17.9 Å². The van der Waals surface area contributed by atoms with Gasteiger partial charge in [-0.05, 0) is 36.1 Å². The zero-order valence-electron chi connectivity index (χ0n) is 17.8. The number of fused-ring (bicyclic) bond motifs is 3. The van der Waals surface area contributed by atoms with Crippen molar-refractivity contribution in [1.82, 2.24) is 24.7 Å². The lowest BCUT2D eigenvalue weighted by molar-refractivity contribution is -0.138. The molecule has 0 bridgehead atoms. The van der Waals surface area contributed by atoms with Gasteiger partial charge in [-0.25, -0.2) is 9.78 Å². The van der Waals surface area contributed by atoms with Gasteiger partial charge in [0, 0.05) is 7.05 Å². The van der Waals surface area contributed by atoms with Crippen LogP contribution in [-0.2, 0) is 28.1 Å². The van der Waals surface area contributed by atoms with Crippen molar-refractivity contribution >= 4 is 28.9 Å². The molecule has 8 nitrogen and oxygen atoms in total. The van der Waals surface area contributed by atoms with Gasteiger partial charge >= 0.3 is 12.6 Å². The van der Waals surface area contributed by atoms with Gasteiger partial charge in [-0.1, -0.05) is 36.4 Å². The third-order valence-electron chi connectivity index (χ3n) is 6.38. The van der Waals surface area contributed by atoms with Gasteiger partial charge in [0.2, 0.25) is 5.91 Å². The number of hydrogen-bond acceptors (Lipinski definition) is 4. The molecule has 0 unspecified atom stereocenters. The van der Waals surface area contributed by atoms with Crippen molar-refractivity contribution < 1.29 is 23.2 Å². The molecule has 1 spiro atoms. The first-order valence-corrected chi connectivity index (χ1v) is 10.5. The largest absolute Gasteiger partial charge is 0.337 e. The molecule has 170 valence electrons.